The van der Waals surface area contributed by atoms with Crippen LogP contribution in [0.4, 0.5) is 0 Å². The average molecular weight is 927 g/mol. The standard InChI is InChI=1S/C52H48N3O.Pt/c1-32(2)45-31-42(21-22-43(45)37-13-10-9-11-14-37)55-48-16-12-15-44(49(48)54-51(55)46-26-34(4)25-35(5)50(46)56)39-27-40(29-41(28-39)52(6,7)8)47-30-38(23-24-53-47)36-19-17-33(3)18-20-36;/h9-26,28-32,56H,1-8H3;/q-1;/i32D;. The van der Waals surface area contributed by atoms with Crippen molar-refractivity contribution in [3.05, 3.63) is 167 Å². The molecule has 0 spiro atoms. The fourth-order valence-corrected chi connectivity index (χ4v) is 7.63. The monoisotopic (exact) mass is 926 g/mol. The van der Waals surface area contributed by atoms with Gasteiger partial charge in [-0.3, -0.25) is 9.55 Å². The molecule has 0 atom stereocenters. The second-order valence-electron chi connectivity index (χ2n) is 16.3. The maximum atomic E-state index is 11.6. The zero-order valence-electron chi connectivity index (χ0n) is 34.8. The molecule has 4 nitrogen and oxygen atoms in total. The van der Waals surface area contributed by atoms with E-state index in [1.54, 1.807) is 0 Å². The van der Waals surface area contributed by atoms with Crippen LogP contribution in [-0.4, -0.2) is 19.6 Å². The van der Waals surface area contributed by atoms with E-state index in [1.807, 2.05) is 64.2 Å². The van der Waals surface area contributed by atoms with Crippen LogP contribution in [0.2, 0.25) is 0 Å². The molecule has 2 aromatic heterocycles. The molecule has 5 heteroatoms. The molecular weight excluding hydrogens is 878 g/mol. The van der Waals surface area contributed by atoms with Crippen molar-refractivity contribution in [1.29, 1.82) is 0 Å². The fourth-order valence-electron chi connectivity index (χ4n) is 7.63. The van der Waals surface area contributed by atoms with Crippen molar-refractivity contribution in [2.75, 3.05) is 0 Å². The summed E-state index contributed by atoms with van der Waals surface area (Å²) in [6, 6.07) is 47.8. The molecule has 2 heterocycles. The third-order valence-corrected chi connectivity index (χ3v) is 10.7. The number of hydrogen-bond acceptors (Lipinski definition) is 3. The second kappa shape index (κ2) is 15.8. The van der Waals surface area contributed by atoms with E-state index >= 15 is 0 Å². The molecule has 0 saturated heterocycles. The predicted molar refractivity (Wildman–Crippen MR) is 234 cm³/mol. The Kier molecular flexibility index (Phi) is 10.6. The summed E-state index contributed by atoms with van der Waals surface area (Å²) < 4.78 is 11.4. The van der Waals surface area contributed by atoms with E-state index in [0.29, 0.717) is 11.4 Å². The van der Waals surface area contributed by atoms with Gasteiger partial charge in [-0.05, 0) is 101 Å². The number of imidazole rings is 1. The van der Waals surface area contributed by atoms with E-state index in [1.165, 1.54) is 5.56 Å². The smallest absolute Gasteiger partial charge is 0.148 e. The van der Waals surface area contributed by atoms with Crippen LogP contribution in [0.5, 0.6) is 5.75 Å². The minimum Gasteiger partial charge on any atom is -0.507 e. The van der Waals surface area contributed by atoms with Crippen molar-refractivity contribution < 1.29 is 27.5 Å². The summed E-state index contributed by atoms with van der Waals surface area (Å²) in [5, 5.41) is 11.6. The molecule has 0 fully saturated rings. The quantitative estimate of drug-likeness (QED) is 0.162. The number of nitrogens with zero attached hydrogens (tertiary/aromatic N) is 3. The van der Waals surface area contributed by atoms with Gasteiger partial charge in [-0.25, -0.2) is 4.98 Å². The van der Waals surface area contributed by atoms with E-state index in [4.69, 9.17) is 9.97 Å². The Morgan fingerprint density at radius 2 is 1.42 bits per heavy atom. The molecule has 0 unspecified atom stereocenters. The van der Waals surface area contributed by atoms with Crippen molar-refractivity contribution in [2.45, 2.75) is 66.7 Å². The summed E-state index contributed by atoms with van der Waals surface area (Å²) in [7, 11) is 0. The van der Waals surface area contributed by atoms with Crippen LogP contribution in [0.25, 0.3) is 72.7 Å². The summed E-state index contributed by atoms with van der Waals surface area (Å²) in [6.07, 6.45) is 1.88. The van der Waals surface area contributed by atoms with Gasteiger partial charge >= 0.3 is 0 Å². The molecular formula is C52H48N3OPt-. The Morgan fingerprint density at radius 1 is 0.684 bits per heavy atom. The fraction of sp³-hybridized carbons (Fsp3) is 0.192. The first kappa shape index (κ1) is 38.3. The summed E-state index contributed by atoms with van der Waals surface area (Å²) in [4.78, 5) is 10.3. The Morgan fingerprint density at radius 3 is 2.14 bits per heavy atom. The first-order valence-corrected chi connectivity index (χ1v) is 19.3. The van der Waals surface area contributed by atoms with Gasteiger partial charge in [0, 0.05) is 40.0 Å². The summed E-state index contributed by atoms with van der Waals surface area (Å²) in [5.74, 6) is -0.0690. The van der Waals surface area contributed by atoms with E-state index < -0.39 is 5.89 Å². The summed E-state index contributed by atoms with van der Waals surface area (Å²) >= 11 is 0. The molecule has 0 bridgehead atoms. The number of phenolic OH excluding ortho intramolecular Hbond substituents is 1. The molecule has 57 heavy (non-hydrogen) atoms. The second-order valence-corrected chi connectivity index (χ2v) is 16.3. The third-order valence-electron chi connectivity index (χ3n) is 10.7. The Hall–Kier alpha value is -5.57. The minimum absolute atomic E-state index is 0. The van der Waals surface area contributed by atoms with E-state index in [9.17, 15) is 6.48 Å². The third kappa shape index (κ3) is 7.76. The molecule has 1 N–H and O–H groups in total. The maximum absolute atomic E-state index is 11.6. The van der Waals surface area contributed by atoms with Gasteiger partial charge in [-0.15, -0.1) is 29.3 Å². The number of rotatable bonds is 7. The molecule has 0 saturated carbocycles. The molecule has 0 aliphatic carbocycles. The molecule has 8 aromatic rings. The normalized spacial score (nSPS) is 12.0. The first-order chi connectivity index (χ1) is 27.2. The largest absolute Gasteiger partial charge is 0.507 e. The Labute approximate surface area is 353 Å². The number of fused-ring (bicyclic) bond motifs is 1. The van der Waals surface area contributed by atoms with Gasteiger partial charge in [0.25, 0.3) is 0 Å². The van der Waals surface area contributed by atoms with Gasteiger partial charge in [0.05, 0.1) is 16.6 Å². The number of aromatic nitrogens is 3. The minimum atomic E-state index is -0.894. The van der Waals surface area contributed by atoms with Crippen molar-refractivity contribution in [1.82, 2.24) is 14.5 Å². The van der Waals surface area contributed by atoms with Crippen LogP contribution in [-0.2, 0) is 26.5 Å². The van der Waals surface area contributed by atoms with Crippen molar-refractivity contribution in [2.24, 2.45) is 0 Å². The SMILES string of the molecule is [2H]C(C)(C)c1cc(-n2c(-c3cc(C)cc(C)c3O)nc3c(-c4[c-]c(-c5cc(-c6ccc(C)cc6)ccn5)cc(C(C)(C)C)c4)cccc32)ccc1-c1ccccc1.[Pt]. The zero-order valence-corrected chi connectivity index (χ0v) is 36.1. The summed E-state index contributed by atoms with van der Waals surface area (Å²) in [5.41, 5.74) is 16.1. The number of pyridine rings is 1. The van der Waals surface area contributed by atoms with Gasteiger partial charge in [-0.2, -0.15) is 0 Å². The predicted octanol–water partition coefficient (Wildman–Crippen LogP) is 13.6. The van der Waals surface area contributed by atoms with Crippen LogP contribution in [0.3, 0.4) is 0 Å². The van der Waals surface area contributed by atoms with Crippen LogP contribution in [0, 0.1) is 26.8 Å². The molecule has 0 radical (unpaired) electrons. The zero-order chi connectivity index (χ0) is 40.2. The topological polar surface area (TPSA) is 50.9 Å². The Bertz CT molecular complexity index is 2790. The number of aryl methyl sites for hydroxylation is 3. The van der Waals surface area contributed by atoms with Gasteiger partial charge in [0.15, 0.2) is 0 Å². The molecule has 288 valence electrons. The number of para-hydroxylation sites is 1. The van der Waals surface area contributed by atoms with Gasteiger partial charge in [0.1, 0.15) is 11.6 Å². The van der Waals surface area contributed by atoms with Gasteiger partial charge in [0.2, 0.25) is 0 Å². The molecule has 6 aromatic carbocycles. The number of phenols is 1. The van der Waals surface area contributed by atoms with Crippen LogP contribution < -0.4 is 0 Å². The van der Waals surface area contributed by atoms with E-state index in [-0.39, 0.29) is 32.2 Å². The van der Waals surface area contributed by atoms with Crippen molar-refractivity contribution in [3.63, 3.8) is 0 Å². The number of aromatic hydroxyl groups is 1. The average Bonchev–Trinajstić information content (AvgIpc) is 3.58. The maximum Gasteiger partial charge on any atom is 0.148 e. The van der Waals surface area contributed by atoms with Crippen LogP contribution in [0.1, 0.15) is 69.7 Å². The molecule has 8 rings (SSSR count). The van der Waals surface area contributed by atoms with Crippen LogP contribution in [0.15, 0.2) is 134 Å². The van der Waals surface area contributed by atoms with Crippen molar-refractivity contribution in [3.8, 4) is 67.5 Å². The van der Waals surface area contributed by atoms with Gasteiger partial charge < -0.3 is 5.11 Å². The molecule has 0 amide bonds. The number of hydrogen-bond donors (Lipinski definition) is 1. The molecule has 0 aliphatic heterocycles. The molecule has 0 aliphatic rings. The van der Waals surface area contributed by atoms with Crippen LogP contribution >= 0.6 is 0 Å². The summed E-state index contributed by atoms with van der Waals surface area (Å²) in [6.45, 7) is 16.6. The van der Waals surface area contributed by atoms with E-state index in [2.05, 4.69) is 135 Å². The Balaban J connectivity index is 0.00000512. The van der Waals surface area contributed by atoms with Gasteiger partial charge in [-0.1, -0.05) is 136 Å². The van der Waals surface area contributed by atoms with E-state index in [0.717, 1.165) is 83.6 Å². The first-order valence-electron chi connectivity index (χ1n) is 19.8. The van der Waals surface area contributed by atoms with Crippen molar-refractivity contribution >= 4 is 11.0 Å². The number of benzene rings is 6.